The Bertz CT molecular complexity index is 116. The highest BCUT2D eigenvalue weighted by Crippen LogP contribution is 1.92. The molecule has 0 nitrogen and oxygen atoms in total. The van der Waals surface area contributed by atoms with E-state index in [0.717, 1.165) is 0 Å². The second kappa shape index (κ2) is 4.38. The Kier molecular flexibility index (Phi) is 3.95. The van der Waals surface area contributed by atoms with Gasteiger partial charge in [0.2, 0.25) is 0 Å². The molecule has 0 bridgehead atoms. The number of hydrogen-bond acceptors (Lipinski definition) is 0. The van der Waals surface area contributed by atoms with E-state index in [1.54, 1.807) is 0 Å². The first-order valence-electron chi connectivity index (χ1n) is 2.65. The normalized spacial score (nSPS) is 12.5. The van der Waals surface area contributed by atoms with Gasteiger partial charge in [0.05, 0.1) is 0 Å². The molecule has 0 saturated carbocycles. The minimum atomic E-state index is 1.18. The fraction of sp³-hybridized carbons (Fsp3) is 0.250. The van der Waals surface area contributed by atoms with Crippen LogP contribution in [0.15, 0.2) is 29.9 Å². The van der Waals surface area contributed by atoms with Gasteiger partial charge in [0.1, 0.15) is 0 Å². The van der Waals surface area contributed by atoms with E-state index in [0.29, 0.717) is 0 Å². The van der Waals surface area contributed by atoms with Gasteiger partial charge in [-0.15, -0.1) is 0 Å². The van der Waals surface area contributed by atoms with Gasteiger partial charge >= 0.3 is 0 Å². The third kappa shape index (κ3) is 3.41. The van der Waals surface area contributed by atoms with Crippen LogP contribution >= 0.6 is 0 Å². The van der Waals surface area contributed by atoms with Gasteiger partial charge in [-0.2, -0.15) is 0 Å². The molecule has 0 fully saturated rings. The van der Waals surface area contributed by atoms with Crippen LogP contribution in [0, 0.1) is 6.58 Å². The maximum atomic E-state index is 5.12. The Balaban J connectivity index is 3.79. The summed E-state index contributed by atoms with van der Waals surface area (Å²) in [5, 5.41) is 0. The summed E-state index contributed by atoms with van der Waals surface area (Å²) in [6.45, 7) is 9.11. The molecule has 1 radical (unpaired) electrons. The molecule has 0 atom stereocenters. The van der Waals surface area contributed by atoms with Crippen LogP contribution in [0.1, 0.15) is 13.8 Å². The largest absolute Gasteiger partial charge is 0.0874 e. The monoisotopic (exact) mass is 107 g/mol. The van der Waals surface area contributed by atoms with E-state index >= 15 is 0 Å². The Morgan fingerprint density at radius 3 is 2.50 bits per heavy atom. The van der Waals surface area contributed by atoms with Crippen molar-refractivity contribution in [3.8, 4) is 0 Å². The van der Waals surface area contributed by atoms with E-state index in [9.17, 15) is 0 Å². The van der Waals surface area contributed by atoms with Gasteiger partial charge in [0.25, 0.3) is 0 Å². The minimum absolute atomic E-state index is 1.18. The molecule has 0 aliphatic rings. The maximum absolute atomic E-state index is 5.12. The van der Waals surface area contributed by atoms with Gasteiger partial charge in [-0.3, -0.25) is 0 Å². The number of rotatable bonds is 2. The summed E-state index contributed by atoms with van der Waals surface area (Å²) in [6.07, 6.45) is 7.38. The molecule has 0 N–H and O–H groups in total. The summed E-state index contributed by atoms with van der Waals surface area (Å²) in [7, 11) is 0. The highest BCUT2D eigenvalue weighted by molar-refractivity contribution is 5.19. The summed E-state index contributed by atoms with van der Waals surface area (Å²) in [5.74, 6) is 0. The molecule has 0 amide bonds. The SMILES string of the molecule is [CH]=CC=C(C)C=CC. The molecule has 0 heteroatoms. The fourth-order valence-electron chi connectivity index (χ4n) is 0.470. The lowest BCUT2D eigenvalue weighted by Gasteiger charge is -1.82. The first kappa shape index (κ1) is 7.22. The molecule has 8 heavy (non-hydrogen) atoms. The van der Waals surface area contributed by atoms with Crippen molar-refractivity contribution < 1.29 is 0 Å². The van der Waals surface area contributed by atoms with E-state index in [4.69, 9.17) is 6.58 Å². The standard InChI is InChI=1S/C8H11/c1-4-6-8(3)7-5-2/h1,4-7H,2-3H3. The maximum Gasteiger partial charge on any atom is -0.0398 e. The summed E-state index contributed by atoms with van der Waals surface area (Å²) in [5.41, 5.74) is 1.18. The van der Waals surface area contributed by atoms with Crippen LogP contribution in [-0.4, -0.2) is 0 Å². The molecule has 0 aromatic carbocycles. The zero-order valence-corrected chi connectivity index (χ0v) is 5.39. The molecule has 43 valence electrons. The number of allylic oxidation sites excluding steroid dienone is 5. The van der Waals surface area contributed by atoms with Crippen molar-refractivity contribution in [3.05, 3.63) is 36.5 Å². The average molecular weight is 107 g/mol. The van der Waals surface area contributed by atoms with Crippen molar-refractivity contribution in [2.45, 2.75) is 13.8 Å². The molecule has 0 aromatic heterocycles. The second-order valence-electron chi connectivity index (χ2n) is 1.60. The third-order valence-electron chi connectivity index (χ3n) is 0.789. The van der Waals surface area contributed by atoms with Crippen LogP contribution in [0.4, 0.5) is 0 Å². The molecule has 0 spiro atoms. The second-order valence-corrected chi connectivity index (χ2v) is 1.60. The zero-order valence-electron chi connectivity index (χ0n) is 5.39. The topological polar surface area (TPSA) is 0 Å². The fourth-order valence-corrected chi connectivity index (χ4v) is 0.470. The van der Waals surface area contributed by atoms with Crippen LogP contribution < -0.4 is 0 Å². The van der Waals surface area contributed by atoms with Crippen molar-refractivity contribution in [2.75, 3.05) is 0 Å². The summed E-state index contributed by atoms with van der Waals surface area (Å²) >= 11 is 0. The van der Waals surface area contributed by atoms with E-state index < -0.39 is 0 Å². The van der Waals surface area contributed by atoms with Crippen molar-refractivity contribution in [1.29, 1.82) is 0 Å². The first-order chi connectivity index (χ1) is 3.81. The van der Waals surface area contributed by atoms with Gasteiger partial charge in [-0.05, 0) is 13.8 Å². The molecule has 0 heterocycles. The first-order valence-corrected chi connectivity index (χ1v) is 2.65. The van der Waals surface area contributed by atoms with E-state index in [1.165, 1.54) is 11.6 Å². The third-order valence-corrected chi connectivity index (χ3v) is 0.789. The van der Waals surface area contributed by atoms with Crippen LogP contribution in [0.25, 0.3) is 0 Å². The number of hydrogen-bond donors (Lipinski definition) is 0. The van der Waals surface area contributed by atoms with Crippen LogP contribution in [0.5, 0.6) is 0 Å². The van der Waals surface area contributed by atoms with Gasteiger partial charge in [0.15, 0.2) is 0 Å². The average Bonchev–Trinajstić information content (AvgIpc) is 1.68. The quantitative estimate of drug-likeness (QED) is 0.475. The Morgan fingerprint density at radius 1 is 1.50 bits per heavy atom. The highest BCUT2D eigenvalue weighted by atomic mass is 13.8. The van der Waals surface area contributed by atoms with E-state index in [1.807, 2.05) is 32.1 Å². The lowest BCUT2D eigenvalue weighted by Crippen LogP contribution is -1.61. The summed E-state index contributed by atoms with van der Waals surface area (Å²) in [4.78, 5) is 0. The van der Waals surface area contributed by atoms with Gasteiger partial charge in [-0.25, -0.2) is 0 Å². The van der Waals surface area contributed by atoms with Crippen LogP contribution in [-0.2, 0) is 0 Å². The predicted octanol–water partition coefficient (Wildman–Crippen LogP) is 2.50. The summed E-state index contributed by atoms with van der Waals surface area (Å²) < 4.78 is 0. The molecular formula is C8H11. The van der Waals surface area contributed by atoms with E-state index in [2.05, 4.69) is 0 Å². The van der Waals surface area contributed by atoms with Crippen molar-refractivity contribution in [2.24, 2.45) is 0 Å². The van der Waals surface area contributed by atoms with Crippen molar-refractivity contribution >= 4 is 0 Å². The van der Waals surface area contributed by atoms with Crippen molar-refractivity contribution in [1.82, 2.24) is 0 Å². The van der Waals surface area contributed by atoms with Crippen molar-refractivity contribution in [3.63, 3.8) is 0 Å². The molecule has 0 aliphatic heterocycles. The molecule has 0 aliphatic carbocycles. The minimum Gasteiger partial charge on any atom is -0.0874 e. The van der Waals surface area contributed by atoms with E-state index in [-0.39, 0.29) is 0 Å². The molecule has 0 aromatic rings. The Labute approximate surface area is 51.2 Å². The smallest absolute Gasteiger partial charge is 0.0398 e. The van der Waals surface area contributed by atoms with Gasteiger partial charge in [0, 0.05) is 0 Å². The van der Waals surface area contributed by atoms with Crippen LogP contribution in [0.3, 0.4) is 0 Å². The molecular weight excluding hydrogens is 96.1 g/mol. The molecule has 0 saturated heterocycles. The Hall–Kier alpha value is -0.780. The summed E-state index contributed by atoms with van der Waals surface area (Å²) in [6, 6.07) is 0. The predicted molar refractivity (Wildman–Crippen MR) is 37.4 cm³/mol. The highest BCUT2D eigenvalue weighted by Gasteiger charge is 1.71. The van der Waals surface area contributed by atoms with Gasteiger partial charge < -0.3 is 0 Å². The lowest BCUT2D eigenvalue weighted by atomic mass is 10.2. The molecule has 0 unspecified atom stereocenters. The Morgan fingerprint density at radius 2 is 2.12 bits per heavy atom. The van der Waals surface area contributed by atoms with Gasteiger partial charge in [-0.1, -0.05) is 36.5 Å². The molecule has 0 rings (SSSR count). The zero-order chi connectivity index (χ0) is 6.41. The van der Waals surface area contributed by atoms with Crippen LogP contribution in [0.2, 0.25) is 0 Å². The lowest BCUT2D eigenvalue weighted by molar-refractivity contribution is 1.50.